The maximum absolute atomic E-state index is 12.6. The van der Waals surface area contributed by atoms with E-state index in [-0.39, 0.29) is 18.0 Å². The van der Waals surface area contributed by atoms with Gasteiger partial charge < -0.3 is 10.1 Å². The second-order valence-corrected chi connectivity index (χ2v) is 6.16. The third kappa shape index (κ3) is 3.30. The Morgan fingerprint density at radius 2 is 1.91 bits per heavy atom. The summed E-state index contributed by atoms with van der Waals surface area (Å²) in [6.45, 7) is 4.44. The molecule has 0 aliphatic carbocycles. The zero-order valence-corrected chi connectivity index (χ0v) is 12.8. The standard InChI is InChI=1S/C17H22N2O3/c1-12(20)18-16(14-5-3-2-4-6-14)17(21)22-15-11-19-9-7-13(15)8-10-19/h2-6,13,15-16H,7-11H2,1H3,(H,18,20). The number of ether oxygens (including phenoxy) is 1. The van der Waals surface area contributed by atoms with Gasteiger partial charge in [-0.15, -0.1) is 0 Å². The van der Waals surface area contributed by atoms with Crippen molar-refractivity contribution in [3.63, 3.8) is 0 Å². The lowest BCUT2D eigenvalue weighted by molar-refractivity contribution is -0.162. The Bertz CT molecular complexity index is 538. The first-order valence-electron chi connectivity index (χ1n) is 7.88. The molecule has 0 spiro atoms. The lowest BCUT2D eigenvalue weighted by Gasteiger charge is -2.44. The van der Waals surface area contributed by atoms with Gasteiger partial charge in [-0.1, -0.05) is 30.3 Å². The van der Waals surface area contributed by atoms with E-state index in [1.165, 1.54) is 6.92 Å². The molecule has 22 heavy (non-hydrogen) atoms. The quantitative estimate of drug-likeness (QED) is 0.856. The van der Waals surface area contributed by atoms with Crippen molar-refractivity contribution >= 4 is 11.9 Å². The SMILES string of the molecule is CC(=O)NC(C(=O)OC1CN2CCC1CC2)c1ccccc1. The molecule has 1 amide bonds. The number of hydrogen-bond acceptors (Lipinski definition) is 4. The fourth-order valence-electron chi connectivity index (χ4n) is 3.39. The van der Waals surface area contributed by atoms with Gasteiger partial charge in [0.1, 0.15) is 6.10 Å². The first-order valence-corrected chi connectivity index (χ1v) is 7.88. The lowest BCUT2D eigenvalue weighted by atomic mass is 9.86. The van der Waals surface area contributed by atoms with Crippen LogP contribution in [0.4, 0.5) is 0 Å². The fourth-order valence-corrected chi connectivity index (χ4v) is 3.39. The Kier molecular flexibility index (Phi) is 4.43. The molecule has 4 rings (SSSR count). The number of benzene rings is 1. The highest BCUT2D eigenvalue weighted by atomic mass is 16.5. The Hall–Kier alpha value is -1.88. The van der Waals surface area contributed by atoms with Crippen molar-refractivity contribution in [3.8, 4) is 0 Å². The molecule has 2 unspecified atom stereocenters. The van der Waals surface area contributed by atoms with Crippen LogP contribution < -0.4 is 5.32 Å². The molecule has 1 aromatic rings. The van der Waals surface area contributed by atoms with Crippen molar-refractivity contribution in [2.45, 2.75) is 31.9 Å². The summed E-state index contributed by atoms with van der Waals surface area (Å²) in [7, 11) is 0. The van der Waals surface area contributed by atoms with Crippen LogP contribution in [0.1, 0.15) is 31.4 Å². The van der Waals surface area contributed by atoms with Crippen molar-refractivity contribution in [3.05, 3.63) is 35.9 Å². The van der Waals surface area contributed by atoms with Crippen LogP contribution in [0.15, 0.2) is 30.3 Å². The van der Waals surface area contributed by atoms with Crippen molar-refractivity contribution in [2.24, 2.45) is 5.92 Å². The normalized spacial score (nSPS) is 28.0. The van der Waals surface area contributed by atoms with Gasteiger partial charge in [0.2, 0.25) is 5.91 Å². The van der Waals surface area contributed by atoms with E-state index in [2.05, 4.69) is 10.2 Å². The van der Waals surface area contributed by atoms with Crippen LogP contribution in [0, 0.1) is 5.92 Å². The fraction of sp³-hybridized carbons (Fsp3) is 0.529. The van der Waals surface area contributed by atoms with E-state index in [1.807, 2.05) is 30.3 Å². The molecule has 0 aromatic heterocycles. The van der Waals surface area contributed by atoms with E-state index in [9.17, 15) is 9.59 Å². The highest BCUT2D eigenvalue weighted by Crippen LogP contribution is 2.30. The molecule has 2 atom stereocenters. The van der Waals surface area contributed by atoms with Crippen molar-refractivity contribution in [1.82, 2.24) is 10.2 Å². The number of carbonyl (C=O) groups excluding carboxylic acids is 2. The molecule has 118 valence electrons. The Morgan fingerprint density at radius 1 is 1.23 bits per heavy atom. The Morgan fingerprint density at radius 3 is 2.45 bits per heavy atom. The molecule has 3 saturated heterocycles. The number of piperidine rings is 3. The summed E-state index contributed by atoms with van der Waals surface area (Å²) in [6.07, 6.45) is 2.14. The van der Waals surface area contributed by atoms with Crippen LogP contribution in [0.25, 0.3) is 0 Å². The minimum Gasteiger partial charge on any atom is -0.459 e. The number of rotatable bonds is 4. The van der Waals surface area contributed by atoms with Crippen molar-refractivity contribution < 1.29 is 14.3 Å². The maximum atomic E-state index is 12.6. The summed E-state index contributed by atoms with van der Waals surface area (Å²) >= 11 is 0. The molecule has 0 saturated carbocycles. The third-order valence-electron chi connectivity index (χ3n) is 4.58. The first kappa shape index (κ1) is 15.0. The second kappa shape index (κ2) is 6.48. The van der Waals surface area contributed by atoms with Gasteiger partial charge in [-0.3, -0.25) is 9.69 Å². The van der Waals surface area contributed by atoms with Gasteiger partial charge in [-0.2, -0.15) is 0 Å². The zero-order valence-electron chi connectivity index (χ0n) is 12.8. The van der Waals surface area contributed by atoms with Crippen molar-refractivity contribution in [2.75, 3.05) is 19.6 Å². The minimum absolute atomic E-state index is 0.0463. The van der Waals surface area contributed by atoms with Gasteiger partial charge in [0.25, 0.3) is 0 Å². The topological polar surface area (TPSA) is 58.6 Å². The average Bonchev–Trinajstić information content (AvgIpc) is 2.54. The van der Waals surface area contributed by atoms with E-state index in [4.69, 9.17) is 4.74 Å². The molecule has 1 aromatic carbocycles. The largest absolute Gasteiger partial charge is 0.459 e. The minimum atomic E-state index is -0.728. The number of amides is 1. The summed E-state index contributed by atoms with van der Waals surface area (Å²) in [4.78, 5) is 26.3. The van der Waals surface area contributed by atoms with Gasteiger partial charge in [-0.25, -0.2) is 4.79 Å². The number of hydrogen-bond donors (Lipinski definition) is 1. The van der Waals surface area contributed by atoms with E-state index in [0.29, 0.717) is 5.92 Å². The van der Waals surface area contributed by atoms with E-state index < -0.39 is 6.04 Å². The molecular weight excluding hydrogens is 280 g/mol. The highest BCUT2D eigenvalue weighted by molar-refractivity contribution is 5.84. The van der Waals surface area contributed by atoms with Gasteiger partial charge in [0.05, 0.1) is 0 Å². The number of fused-ring (bicyclic) bond motifs is 3. The molecule has 3 aliphatic rings. The van der Waals surface area contributed by atoms with Gasteiger partial charge in [-0.05, 0) is 37.4 Å². The van der Waals surface area contributed by atoms with E-state index >= 15 is 0 Å². The molecule has 3 heterocycles. The summed E-state index contributed by atoms with van der Waals surface area (Å²) in [5, 5.41) is 2.70. The molecule has 0 radical (unpaired) electrons. The summed E-state index contributed by atoms with van der Waals surface area (Å²) < 4.78 is 5.75. The molecule has 3 fully saturated rings. The smallest absolute Gasteiger partial charge is 0.333 e. The molecular formula is C17H22N2O3. The highest BCUT2D eigenvalue weighted by Gasteiger charge is 2.37. The summed E-state index contributed by atoms with van der Waals surface area (Å²) in [5.41, 5.74) is 0.754. The molecule has 3 aliphatic heterocycles. The Labute approximate surface area is 130 Å². The number of nitrogens with zero attached hydrogens (tertiary/aromatic N) is 1. The van der Waals surface area contributed by atoms with Gasteiger partial charge in [0.15, 0.2) is 6.04 Å². The van der Waals surface area contributed by atoms with Crippen LogP contribution in [0.5, 0.6) is 0 Å². The molecule has 1 N–H and O–H groups in total. The number of nitrogens with one attached hydrogen (secondary N) is 1. The lowest BCUT2D eigenvalue weighted by Crippen LogP contribution is -2.52. The van der Waals surface area contributed by atoms with Crippen LogP contribution in [0.3, 0.4) is 0 Å². The summed E-state index contributed by atoms with van der Waals surface area (Å²) in [5.74, 6) is -0.137. The van der Waals surface area contributed by atoms with E-state index in [0.717, 1.165) is 38.0 Å². The van der Waals surface area contributed by atoms with Crippen LogP contribution >= 0.6 is 0 Å². The average molecular weight is 302 g/mol. The van der Waals surface area contributed by atoms with Crippen molar-refractivity contribution in [1.29, 1.82) is 0 Å². The van der Waals surface area contributed by atoms with Crippen LogP contribution in [-0.2, 0) is 14.3 Å². The predicted octanol–water partition coefficient (Wildman–Crippen LogP) is 1.50. The molecule has 5 nitrogen and oxygen atoms in total. The third-order valence-corrected chi connectivity index (χ3v) is 4.58. The summed E-state index contributed by atoms with van der Waals surface area (Å²) in [6, 6.07) is 8.52. The second-order valence-electron chi connectivity index (χ2n) is 6.16. The van der Waals surface area contributed by atoms with Crippen LogP contribution in [-0.4, -0.2) is 42.5 Å². The zero-order chi connectivity index (χ0) is 15.5. The number of esters is 1. The monoisotopic (exact) mass is 302 g/mol. The van der Waals surface area contributed by atoms with Gasteiger partial charge >= 0.3 is 5.97 Å². The van der Waals surface area contributed by atoms with E-state index in [1.54, 1.807) is 0 Å². The molecule has 2 bridgehead atoms. The predicted molar refractivity (Wildman–Crippen MR) is 82.0 cm³/mol. The maximum Gasteiger partial charge on any atom is 0.333 e. The number of carbonyl (C=O) groups is 2. The molecule has 5 heteroatoms. The Balaban J connectivity index is 1.71. The van der Waals surface area contributed by atoms with Gasteiger partial charge in [0, 0.05) is 13.5 Å². The first-order chi connectivity index (χ1) is 10.6. The van der Waals surface area contributed by atoms with Crippen LogP contribution in [0.2, 0.25) is 0 Å².